The van der Waals surface area contributed by atoms with E-state index in [-0.39, 0.29) is 27.5 Å². The van der Waals surface area contributed by atoms with Gasteiger partial charge < -0.3 is 9.67 Å². The summed E-state index contributed by atoms with van der Waals surface area (Å²) in [5.41, 5.74) is 2.93. The second kappa shape index (κ2) is 7.49. The minimum absolute atomic E-state index is 0.00652. The Bertz CT molecular complexity index is 1370. The molecule has 0 aliphatic carbocycles. The predicted octanol–water partition coefficient (Wildman–Crippen LogP) is 3.82. The molecule has 2 aromatic carbocycles. The summed E-state index contributed by atoms with van der Waals surface area (Å²) in [4.78, 5) is 4.40. The number of nitrogens with zero attached hydrogens (tertiary/aromatic N) is 4. The zero-order valence-electron chi connectivity index (χ0n) is 16.4. The molecule has 0 amide bonds. The number of aromatic hydroxyl groups is 1. The van der Waals surface area contributed by atoms with E-state index in [1.807, 2.05) is 11.5 Å². The van der Waals surface area contributed by atoms with Crippen molar-refractivity contribution in [1.82, 2.24) is 19.7 Å². The highest BCUT2D eigenvalue weighted by atomic mass is 32.2. The summed E-state index contributed by atoms with van der Waals surface area (Å²) in [6.07, 6.45) is 3.23. The van der Waals surface area contributed by atoms with Crippen LogP contribution in [0.5, 0.6) is 5.75 Å². The number of aryl methyl sites for hydroxylation is 1. The first-order valence-electron chi connectivity index (χ1n) is 9.38. The lowest BCUT2D eigenvalue weighted by molar-refractivity contribution is 0.474. The third-order valence-corrected chi connectivity index (χ3v) is 6.75. The maximum Gasteiger partial charge on any atom is 0.183 e. The summed E-state index contributed by atoms with van der Waals surface area (Å²) in [7, 11) is -3.49. The van der Waals surface area contributed by atoms with E-state index in [2.05, 4.69) is 15.2 Å². The standard InChI is InChI=1S/C21H19FN4O3S/c1-3-26-12-23-20-17(11-24-25-21(20)26)13-5-8-18(22)16(9-13)15-7-6-14(10-19(15)27)30(28,29)4-2/h5-12,27H,3-4H2,1-2H3. The van der Waals surface area contributed by atoms with Crippen molar-refractivity contribution >= 4 is 21.0 Å². The maximum absolute atomic E-state index is 14.6. The summed E-state index contributed by atoms with van der Waals surface area (Å²) in [6, 6.07) is 8.41. The summed E-state index contributed by atoms with van der Waals surface area (Å²) in [5, 5.41) is 18.6. The van der Waals surface area contributed by atoms with Gasteiger partial charge in [-0.05, 0) is 42.8 Å². The van der Waals surface area contributed by atoms with Crippen LogP contribution in [0.15, 0.2) is 53.8 Å². The van der Waals surface area contributed by atoms with Crippen molar-refractivity contribution in [3.63, 3.8) is 0 Å². The molecule has 0 saturated heterocycles. The van der Waals surface area contributed by atoms with E-state index in [0.29, 0.717) is 28.8 Å². The highest BCUT2D eigenvalue weighted by Gasteiger charge is 2.18. The number of sulfone groups is 1. The molecule has 0 atom stereocenters. The van der Waals surface area contributed by atoms with E-state index >= 15 is 0 Å². The molecule has 4 aromatic rings. The second-order valence-electron chi connectivity index (χ2n) is 6.74. The van der Waals surface area contributed by atoms with E-state index in [1.54, 1.807) is 24.7 Å². The van der Waals surface area contributed by atoms with Gasteiger partial charge in [-0.15, -0.1) is 5.10 Å². The SMILES string of the molecule is CCn1cnc2c(-c3ccc(F)c(-c4ccc(S(=O)(=O)CC)cc4O)c3)cnnc21. The van der Waals surface area contributed by atoms with Crippen LogP contribution in [0.1, 0.15) is 13.8 Å². The zero-order chi connectivity index (χ0) is 21.5. The summed E-state index contributed by atoms with van der Waals surface area (Å²) >= 11 is 0. The van der Waals surface area contributed by atoms with E-state index in [9.17, 15) is 17.9 Å². The molecule has 0 radical (unpaired) electrons. The first-order chi connectivity index (χ1) is 14.4. The number of phenolic OH excluding ortho intramolecular Hbond substituents is 1. The van der Waals surface area contributed by atoms with Gasteiger partial charge in [-0.3, -0.25) is 0 Å². The van der Waals surface area contributed by atoms with Crippen molar-refractivity contribution in [3.8, 4) is 28.0 Å². The number of halogens is 1. The van der Waals surface area contributed by atoms with Gasteiger partial charge >= 0.3 is 0 Å². The Morgan fingerprint density at radius 3 is 2.57 bits per heavy atom. The van der Waals surface area contributed by atoms with Gasteiger partial charge in [-0.1, -0.05) is 13.0 Å². The van der Waals surface area contributed by atoms with Gasteiger partial charge in [-0.2, -0.15) is 5.10 Å². The molecular formula is C21H19FN4O3S. The fourth-order valence-corrected chi connectivity index (χ4v) is 4.21. The Morgan fingerprint density at radius 2 is 1.87 bits per heavy atom. The third-order valence-electron chi connectivity index (χ3n) is 5.02. The largest absolute Gasteiger partial charge is 0.507 e. The fraction of sp³-hybridized carbons (Fsp3) is 0.190. The van der Waals surface area contributed by atoms with E-state index in [1.165, 1.54) is 25.1 Å². The Morgan fingerprint density at radius 1 is 1.07 bits per heavy atom. The summed E-state index contributed by atoms with van der Waals surface area (Å²) in [5.74, 6) is -0.947. The van der Waals surface area contributed by atoms with Crippen LogP contribution < -0.4 is 0 Å². The monoisotopic (exact) mass is 426 g/mol. The van der Waals surface area contributed by atoms with Crippen LogP contribution in [0.25, 0.3) is 33.4 Å². The lowest BCUT2D eigenvalue weighted by atomic mass is 9.98. The molecule has 7 nitrogen and oxygen atoms in total. The zero-order valence-corrected chi connectivity index (χ0v) is 17.2. The predicted molar refractivity (Wildman–Crippen MR) is 111 cm³/mol. The van der Waals surface area contributed by atoms with Crippen LogP contribution in [0.3, 0.4) is 0 Å². The van der Waals surface area contributed by atoms with E-state index in [0.717, 1.165) is 6.07 Å². The molecule has 4 rings (SSSR count). The molecule has 9 heteroatoms. The van der Waals surface area contributed by atoms with Crippen LogP contribution >= 0.6 is 0 Å². The molecule has 154 valence electrons. The molecule has 1 N–H and O–H groups in total. The number of benzene rings is 2. The van der Waals surface area contributed by atoms with Gasteiger partial charge in [-0.25, -0.2) is 17.8 Å². The minimum atomic E-state index is -3.49. The number of fused-ring (bicyclic) bond motifs is 1. The third kappa shape index (κ3) is 3.30. The summed E-state index contributed by atoms with van der Waals surface area (Å²) < 4.78 is 40.6. The molecule has 0 aliphatic heterocycles. The average Bonchev–Trinajstić information content (AvgIpc) is 3.17. The maximum atomic E-state index is 14.6. The van der Waals surface area contributed by atoms with Crippen LogP contribution in [-0.4, -0.2) is 39.0 Å². The topological polar surface area (TPSA) is 98.0 Å². The molecular weight excluding hydrogens is 407 g/mol. The van der Waals surface area contributed by atoms with Gasteiger partial charge in [0.15, 0.2) is 15.5 Å². The summed E-state index contributed by atoms with van der Waals surface area (Å²) in [6.45, 7) is 4.17. The molecule has 0 unspecified atom stereocenters. The Balaban J connectivity index is 1.85. The Labute approximate surface area is 172 Å². The minimum Gasteiger partial charge on any atom is -0.507 e. The van der Waals surface area contributed by atoms with Gasteiger partial charge in [0, 0.05) is 23.2 Å². The number of aromatic nitrogens is 4. The Hall–Kier alpha value is -3.33. The van der Waals surface area contributed by atoms with Crippen molar-refractivity contribution in [1.29, 1.82) is 0 Å². The number of imidazole rings is 1. The average molecular weight is 426 g/mol. The van der Waals surface area contributed by atoms with Crippen molar-refractivity contribution in [2.45, 2.75) is 25.3 Å². The lowest BCUT2D eigenvalue weighted by Gasteiger charge is -2.11. The highest BCUT2D eigenvalue weighted by molar-refractivity contribution is 7.91. The first kappa shape index (κ1) is 20.0. The lowest BCUT2D eigenvalue weighted by Crippen LogP contribution is -2.03. The number of rotatable bonds is 5. The van der Waals surface area contributed by atoms with E-state index in [4.69, 9.17) is 0 Å². The van der Waals surface area contributed by atoms with Crippen LogP contribution in [0, 0.1) is 5.82 Å². The molecule has 2 aromatic heterocycles. The smallest absolute Gasteiger partial charge is 0.183 e. The van der Waals surface area contributed by atoms with Gasteiger partial charge in [0.05, 0.1) is 23.2 Å². The number of hydrogen-bond donors (Lipinski definition) is 1. The van der Waals surface area contributed by atoms with Crippen molar-refractivity contribution in [3.05, 3.63) is 54.7 Å². The molecule has 0 saturated carbocycles. The quantitative estimate of drug-likeness (QED) is 0.521. The van der Waals surface area contributed by atoms with Gasteiger partial charge in [0.25, 0.3) is 0 Å². The Kier molecular flexibility index (Phi) is 4.98. The van der Waals surface area contributed by atoms with Crippen LogP contribution in [0.2, 0.25) is 0 Å². The first-order valence-corrected chi connectivity index (χ1v) is 11.0. The number of hydrogen-bond acceptors (Lipinski definition) is 6. The molecule has 0 aliphatic rings. The normalized spacial score (nSPS) is 11.8. The fourth-order valence-electron chi connectivity index (χ4n) is 3.31. The number of phenols is 1. The van der Waals surface area contributed by atoms with Crippen LogP contribution in [-0.2, 0) is 16.4 Å². The van der Waals surface area contributed by atoms with Crippen molar-refractivity contribution < 1.29 is 17.9 Å². The van der Waals surface area contributed by atoms with Crippen molar-refractivity contribution in [2.24, 2.45) is 0 Å². The molecule has 0 spiro atoms. The molecule has 30 heavy (non-hydrogen) atoms. The van der Waals surface area contributed by atoms with Crippen LogP contribution in [0.4, 0.5) is 4.39 Å². The molecule has 2 heterocycles. The van der Waals surface area contributed by atoms with E-state index < -0.39 is 15.7 Å². The van der Waals surface area contributed by atoms with Crippen molar-refractivity contribution in [2.75, 3.05) is 5.75 Å². The second-order valence-corrected chi connectivity index (χ2v) is 9.02. The molecule has 0 bridgehead atoms. The highest BCUT2D eigenvalue weighted by Crippen LogP contribution is 2.36. The molecule has 0 fully saturated rings. The van der Waals surface area contributed by atoms with Gasteiger partial charge in [0.1, 0.15) is 17.1 Å². The van der Waals surface area contributed by atoms with Gasteiger partial charge in [0.2, 0.25) is 0 Å².